The Morgan fingerprint density at radius 2 is 1.89 bits per heavy atom. The van der Waals surface area contributed by atoms with Crippen LogP contribution in [0.5, 0.6) is 5.75 Å². The van der Waals surface area contributed by atoms with E-state index in [1.807, 2.05) is 32.0 Å². The van der Waals surface area contributed by atoms with Gasteiger partial charge in [0, 0.05) is 0 Å². The van der Waals surface area contributed by atoms with E-state index in [9.17, 15) is 4.39 Å². The van der Waals surface area contributed by atoms with Crippen molar-refractivity contribution in [3.63, 3.8) is 0 Å². The van der Waals surface area contributed by atoms with Crippen molar-refractivity contribution < 1.29 is 9.13 Å². The van der Waals surface area contributed by atoms with Crippen molar-refractivity contribution in [1.82, 2.24) is 0 Å². The normalized spacial score (nSPS) is 10.4. The molecule has 0 radical (unpaired) electrons. The van der Waals surface area contributed by atoms with E-state index in [-0.39, 0.29) is 5.82 Å². The minimum absolute atomic E-state index is 0.254. The Bertz CT molecular complexity index is 566. The summed E-state index contributed by atoms with van der Waals surface area (Å²) in [5.41, 5.74) is 9.37. The second kappa shape index (κ2) is 5.08. The zero-order valence-electron chi connectivity index (χ0n) is 10.5. The first kappa shape index (κ1) is 12.4. The number of nitrogen functional groups attached to an aromatic ring is 1. The lowest BCUT2D eigenvalue weighted by Gasteiger charge is -2.11. The summed E-state index contributed by atoms with van der Waals surface area (Å²) < 4.78 is 18.7. The maximum Gasteiger partial charge on any atom is 0.142 e. The number of anilines is 1. The largest absolute Gasteiger partial charge is 0.487 e. The van der Waals surface area contributed by atoms with Gasteiger partial charge in [-0.25, -0.2) is 4.39 Å². The molecule has 0 heterocycles. The van der Waals surface area contributed by atoms with Gasteiger partial charge in [0.25, 0.3) is 0 Å². The molecule has 0 aliphatic rings. The summed E-state index contributed by atoms with van der Waals surface area (Å²) in [6, 6.07) is 10.3. The highest BCUT2D eigenvalue weighted by atomic mass is 19.1. The third kappa shape index (κ3) is 2.80. The van der Waals surface area contributed by atoms with Crippen molar-refractivity contribution in [2.75, 3.05) is 5.73 Å². The van der Waals surface area contributed by atoms with Gasteiger partial charge >= 0.3 is 0 Å². The minimum atomic E-state index is -0.254. The van der Waals surface area contributed by atoms with Crippen molar-refractivity contribution >= 4 is 5.69 Å². The van der Waals surface area contributed by atoms with Gasteiger partial charge in [-0.05, 0) is 54.8 Å². The number of halogens is 1. The van der Waals surface area contributed by atoms with Gasteiger partial charge in [0.05, 0.1) is 5.69 Å². The lowest BCUT2D eigenvalue weighted by molar-refractivity contribution is 0.306. The Labute approximate surface area is 106 Å². The van der Waals surface area contributed by atoms with E-state index in [1.165, 1.54) is 12.1 Å². The molecular weight excluding hydrogens is 229 g/mol. The van der Waals surface area contributed by atoms with Gasteiger partial charge in [-0.1, -0.05) is 12.1 Å². The molecule has 2 rings (SSSR count). The monoisotopic (exact) mass is 245 g/mol. The third-order valence-electron chi connectivity index (χ3n) is 2.86. The first-order valence-corrected chi connectivity index (χ1v) is 5.80. The van der Waals surface area contributed by atoms with Gasteiger partial charge in [-0.3, -0.25) is 0 Å². The number of benzene rings is 2. The van der Waals surface area contributed by atoms with Crippen LogP contribution in [0.2, 0.25) is 0 Å². The van der Waals surface area contributed by atoms with Crippen molar-refractivity contribution in [2.45, 2.75) is 20.5 Å². The summed E-state index contributed by atoms with van der Waals surface area (Å²) in [4.78, 5) is 0. The average Bonchev–Trinajstić information content (AvgIpc) is 2.32. The Hall–Kier alpha value is -2.03. The fourth-order valence-electron chi connectivity index (χ4n) is 1.75. The highest BCUT2D eigenvalue weighted by molar-refractivity contribution is 5.54. The fourth-order valence-corrected chi connectivity index (χ4v) is 1.75. The molecule has 0 spiro atoms. The van der Waals surface area contributed by atoms with Crippen LogP contribution in [0.25, 0.3) is 0 Å². The first-order chi connectivity index (χ1) is 8.56. The minimum Gasteiger partial charge on any atom is -0.487 e. The predicted octanol–water partition coefficient (Wildman–Crippen LogP) is 3.60. The summed E-state index contributed by atoms with van der Waals surface area (Å²) in [5.74, 6) is 0.375. The van der Waals surface area contributed by atoms with Crippen LogP contribution < -0.4 is 10.5 Å². The van der Waals surface area contributed by atoms with Crippen molar-refractivity contribution in [3.05, 3.63) is 58.9 Å². The summed E-state index contributed by atoms with van der Waals surface area (Å²) in [5, 5.41) is 0. The van der Waals surface area contributed by atoms with E-state index in [0.717, 1.165) is 16.7 Å². The van der Waals surface area contributed by atoms with Crippen LogP contribution in [0.1, 0.15) is 16.7 Å². The predicted molar refractivity (Wildman–Crippen MR) is 71.1 cm³/mol. The molecular formula is C15H16FNO. The van der Waals surface area contributed by atoms with E-state index < -0.39 is 0 Å². The second-order valence-electron chi connectivity index (χ2n) is 4.40. The molecule has 0 unspecified atom stereocenters. The molecule has 0 atom stereocenters. The Morgan fingerprint density at radius 3 is 2.61 bits per heavy atom. The summed E-state index contributed by atoms with van der Waals surface area (Å²) in [7, 11) is 0. The van der Waals surface area contributed by atoms with Gasteiger partial charge in [-0.2, -0.15) is 0 Å². The standard InChI is InChI=1S/C15H16FNO/c1-10-3-6-15(14(17)7-10)18-9-12-8-13(16)5-4-11(12)2/h3-8H,9,17H2,1-2H3. The van der Waals surface area contributed by atoms with Crippen LogP contribution in [0, 0.1) is 19.7 Å². The molecule has 0 amide bonds. The molecule has 0 saturated heterocycles. The Balaban J connectivity index is 2.13. The Kier molecular flexibility index (Phi) is 3.51. The van der Waals surface area contributed by atoms with Crippen LogP contribution in [-0.2, 0) is 6.61 Å². The van der Waals surface area contributed by atoms with Gasteiger partial charge in [0.15, 0.2) is 0 Å². The molecule has 18 heavy (non-hydrogen) atoms. The van der Waals surface area contributed by atoms with Crippen LogP contribution in [0.4, 0.5) is 10.1 Å². The molecule has 0 aliphatic carbocycles. The van der Waals surface area contributed by atoms with Crippen LogP contribution in [0.3, 0.4) is 0 Å². The maximum absolute atomic E-state index is 13.1. The number of nitrogens with two attached hydrogens (primary N) is 1. The van der Waals surface area contributed by atoms with Crippen LogP contribution >= 0.6 is 0 Å². The number of hydrogen-bond acceptors (Lipinski definition) is 2. The van der Waals surface area contributed by atoms with E-state index in [0.29, 0.717) is 18.0 Å². The molecule has 0 aliphatic heterocycles. The van der Waals surface area contributed by atoms with Crippen molar-refractivity contribution in [2.24, 2.45) is 0 Å². The van der Waals surface area contributed by atoms with E-state index in [1.54, 1.807) is 6.07 Å². The zero-order valence-corrected chi connectivity index (χ0v) is 10.5. The number of ether oxygens (including phenoxy) is 1. The Morgan fingerprint density at radius 1 is 1.11 bits per heavy atom. The molecule has 3 heteroatoms. The highest BCUT2D eigenvalue weighted by Gasteiger charge is 2.04. The molecule has 94 valence electrons. The highest BCUT2D eigenvalue weighted by Crippen LogP contribution is 2.23. The van der Waals surface area contributed by atoms with Crippen molar-refractivity contribution in [1.29, 1.82) is 0 Å². The fraction of sp³-hybridized carbons (Fsp3) is 0.200. The summed E-state index contributed by atoms with van der Waals surface area (Å²) in [6.45, 7) is 4.21. The van der Waals surface area contributed by atoms with Crippen LogP contribution in [0.15, 0.2) is 36.4 Å². The third-order valence-corrected chi connectivity index (χ3v) is 2.86. The lowest BCUT2D eigenvalue weighted by atomic mass is 10.1. The molecule has 0 fully saturated rings. The summed E-state index contributed by atoms with van der Waals surface area (Å²) in [6.07, 6.45) is 0. The lowest BCUT2D eigenvalue weighted by Crippen LogP contribution is -2.01. The van der Waals surface area contributed by atoms with Gasteiger partial charge in [-0.15, -0.1) is 0 Å². The molecule has 0 bridgehead atoms. The van der Waals surface area contributed by atoms with Gasteiger partial charge in [0.1, 0.15) is 18.2 Å². The van der Waals surface area contributed by atoms with E-state index >= 15 is 0 Å². The smallest absolute Gasteiger partial charge is 0.142 e. The molecule has 2 nitrogen and oxygen atoms in total. The van der Waals surface area contributed by atoms with Crippen molar-refractivity contribution in [3.8, 4) is 5.75 Å². The number of rotatable bonds is 3. The molecule has 2 aromatic rings. The SMILES string of the molecule is Cc1ccc(OCc2cc(F)ccc2C)c(N)c1. The molecule has 2 N–H and O–H groups in total. The van der Waals surface area contributed by atoms with Gasteiger partial charge in [0.2, 0.25) is 0 Å². The molecule has 0 saturated carbocycles. The number of aryl methyl sites for hydroxylation is 2. The quantitative estimate of drug-likeness (QED) is 0.838. The van der Waals surface area contributed by atoms with E-state index in [4.69, 9.17) is 10.5 Å². The average molecular weight is 245 g/mol. The first-order valence-electron chi connectivity index (χ1n) is 5.80. The second-order valence-corrected chi connectivity index (χ2v) is 4.40. The molecule has 2 aromatic carbocycles. The van der Waals surface area contributed by atoms with Gasteiger partial charge < -0.3 is 10.5 Å². The summed E-state index contributed by atoms with van der Waals surface area (Å²) >= 11 is 0. The zero-order chi connectivity index (χ0) is 13.1. The maximum atomic E-state index is 13.1. The van der Waals surface area contributed by atoms with E-state index in [2.05, 4.69) is 0 Å². The van der Waals surface area contributed by atoms with Crippen LogP contribution in [-0.4, -0.2) is 0 Å². The molecule has 0 aromatic heterocycles. The number of hydrogen-bond donors (Lipinski definition) is 1. The topological polar surface area (TPSA) is 35.2 Å².